The summed E-state index contributed by atoms with van der Waals surface area (Å²) in [4.78, 5) is 11.6. The second-order valence-corrected chi connectivity index (χ2v) is 9.22. The van der Waals surface area contributed by atoms with Crippen molar-refractivity contribution in [3.05, 3.63) is 42.4 Å². The van der Waals surface area contributed by atoms with Crippen molar-refractivity contribution in [2.24, 2.45) is 5.92 Å². The Morgan fingerprint density at radius 3 is 2.76 bits per heavy atom. The molecule has 1 aromatic carbocycles. The van der Waals surface area contributed by atoms with Gasteiger partial charge >= 0.3 is 0 Å². The second kappa shape index (κ2) is 8.94. The average Bonchev–Trinajstić information content (AvgIpc) is 3.37. The quantitative estimate of drug-likeness (QED) is 0.423. The van der Waals surface area contributed by atoms with Crippen molar-refractivity contribution in [2.75, 3.05) is 26.2 Å². The van der Waals surface area contributed by atoms with E-state index in [9.17, 15) is 0 Å². The zero-order valence-electron chi connectivity index (χ0n) is 18.8. The van der Waals surface area contributed by atoms with E-state index in [0.717, 1.165) is 58.3 Å². The first-order chi connectivity index (χ1) is 16.3. The number of rotatable bonds is 8. The third-order valence-electron chi connectivity index (χ3n) is 6.65. The van der Waals surface area contributed by atoms with Crippen LogP contribution in [-0.2, 0) is 6.42 Å². The molecular weight excluding hydrogens is 414 g/mol. The van der Waals surface area contributed by atoms with E-state index in [1.54, 1.807) is 6.20 Å². The van der Waals surface area contributed by atoms with E-state index in [4.69, 9.17) is 9.72 Å². The van der Waals surface area contributed by atoms with Gasteiger partial charge in [-0.1, -0.05) is 6.42 Å². The third kappa shape index (κ3) is 4.61. The molecule has 0 bridgehead atoms. The molecule has 33 heavy (non-hydrogen) atoms. The molecule has 1 aliphatic heterocycles. The minimum atomic E-state index is 0.635. The van der Waals surface area contributed by atoms with Crippen LogP contribution in [0, 0.1) is 5.92 Å². The van der Waals surface area contributed by atoms with Crippen molar-refractivity contribution in [2.45, 2.75) is 38.5 Å². The molecule has 4 aromatic rings. The lowest BCUT2D eigenvalue weighted by molar-refractivity contribution is 0.180. The van der Waals surface area contributed by atoms with Gasteiger partial charge in [-0.25, -0.2) is 9.97 Å². The maximum Gasteiger partial charge on any atom is 0.213 e. The van der Waals surface area contributed by atoms with Crippen LogP contribution < -0.4 is 4.74 Å². The van der Waals surface area contributed by atoms with Gasteiger partial charge in [0.25, 0.3) is 0 Å². The molecule has 4 heterocycles. The van der Waals surface area contributed by atoms with Gasteiger partial charge in [-0.05, 0) is 69.0 Å². The molecule has 8 heteroatoms. The van der Waals surface area contributed by atoms with Crippen molar-refractivity contribution >= 4 is 10.9 Å². The first-order valence-corrected chi connectivity index (χ1v) is 12.0. The number of aromatic amines is 2. The topological polar surface area (TPSA) is 95.6 Å². The van der Waals surface area contributed by atoms with E-state index in [0.29, 0.717) is 12.5 Å². The summed E-state index contributed by atoms with van der Waals surface area (Å²) >= 11 is 0. The van der Waals surface area contributed by atoms with E-state index in [1.807, 2.05) is 24.3 Å². The van der Waals surface area contributed by atoms with E-state index in [-0.39, 0.29) is 0 Å². The van der Waals surface area contributed by atoms with Crippen molar-refractivity contribution in [1.29, 1.82) is 0 Å². The molecule has 1 saturated heterocycles. The second-order valence-electron chi connectivity index (χ2n) is 9.22. The summed E-state index contributed by atoms with van der Waals surface area (Å²) in [5, 5.41) is 16.3. The number of hydrogen-bond acceptors (Lipinski definition) is 6. The van der Waals surface area contributed by atoms with Crippen molar-refractivity contribution in [1.82, 2.24) is 35.3 Å². The number of pyridine rings is 1. The molecule has 0 unspecified atom stereocenters. The van der Waals surface area contributed by atoms with E-state index in [1.165, 1.54) is 45.2 Å². The Labute approximate surface area is 192 Å². The van der Waals surface area contributed by atoms with Crippen LogP contribution >= 0.6 is 0 Å². The molecule has 170 valence electrons. The van der Waals surface area contributed by atoms with Crippen LogP contribution in [0.15, 0.2) is 36.5 Å². The molecule has 2 aliphatic rings. The van der Waals surface area contributed by atoms with Crippen LogP contribution in [-0.4, -0.2) is 61.5 Å². The van der Waals surface area contributed by atoms with Gasteiger partial charge in [-0.3, -0.25) is 15.1 Å². The lowest BCUT2D eigenvalue weighted by Gasteiger charge is -2.26. The standard InChI is InChI=1S/C25H29N7O/c1-2-10-32(11-3-1)12-13-33-23-16-18(8-9-26-23)24-20-15-19(6-7-21(20)28-30-24)25-27-22(29-31-25)14-17-4-5-17/h6-9,15-17H,1-5,10-14H2,(H,28,30)(H,27,29,31). The third-order valence-corrected chi connectivity index (χ3v) is 6.65. The number of H-pyrrole nitrogens is 2. The van der Waals surface area contributed by atoms with Crippen LogP contribution in [0.3, 0.4) is 0 Å². The number of aromatic nitrogens is 6. The number of hydrogen-bond donors (Lipinski definition) is 2. The van der Waals surface area contributed by atoms with Gasteiger partial charge < -0.3 is 4.74 Å². The summed E-state index contributed by atoms with van der Waals surface area (Å²) in [7, 11) is 0. The summed E-state index contributed by atoms with van der Waals surface area (Å²) < 4.78 is 5.98. The largest absolute Gasteiger partial charge is 0.476 e. The number of ether oxygens (including phenoxy) is 1. The van der Waals surface area contributed by atoms with Gasteiger partial charge in [0.2, 0.25) is 5.88 Å². The molecule has 0 radical (unpaired) electrons. The molecule has 6 rings (SSSR count). The lowest BCUT2D eigenvalue weighted by atomic mass is 10.1. The van der Waals surface area contributed by atoms with Gasteiger partial charge in [0.05, 0.1) is 5.52 Å². The Morgan fingerprint density at radius 1 is 0.970 bits per heavy atom. The molecule has 0 amide bonds. The molecule has 0 spiro atoms. The van der Waals surface area contributed by atoms with E-state index < -0.39 is 0 Å². The highest BCUT2D eigenvalue weighted by Crippen LogP contribution is 2.33. The summed E-state index contributed by atoms with van der Waals surface area (Å²) in [6.45, 7) is 3.94. The Morgan fingerprint density at radius 2 is 1.88 bits per heavy atom. The zero-order chi connectivity index (χ0) is 22.0. The zero-order valence-corrected chi connectivity index (χ0v) is 18.8. The predicted octanol–water partition coefficient (Wildman–Crippen LogP) is 4.23. The van der Waals surface area contributed by atoms with Gasteiger partial charge in [0.1, 0.15) is 18.1 Å². The minimum Gasteiger partial charge on any atom is -0.476 e. The molecule has 8 nitrogen and oxygen atoms in total. The normalized spacial score (nSPS) is 17.0. The molecular formula is C25H29N7O. The highest BCUT2D eigenvalue weighted by atomic mass is 16.5. The van der Waals surface area contributed by atoms with E-state index >= 15 is 0 Å². The highest BCUT2D eigenvalue weighted by Gasteiger charge is 2.23. The monoisotopic (exact) mass is 443 g/mol. The molecule has 3 aromatic heterocycles. The van der Waals surface area contributed by atoms with Crippen LogP contribution in [0.2, 0.25) is 0 Å². The number of fused-ring (bicyclic) bond motifs is 1. The fourth-order valence-electron chi connectivity index (χ4n) is 4.58. The SMILES string of the molecule is c1cc(-c2n[nH]c3ccc(-c4n[nH]c(CC5CC5)n4)cc23)cc(OCCN2CCCCC2)n1. The summed E-state index contributed by atoms with van der Waals surface area (Å²) in [6.07, 6.45) is 9.30. The smallest absolute Gasteiger partial charge is 0.213 e. The molecule has 2 fully saturated rings. The summed E-state index contributed by atoms with van der Waals surface area (Å²) in [6, 6.07) is 10.1. The Bertz CT molecular complexity index is 1240. The molecule has 1 saturated carbocycles. The van der Waals surface area contributed by atoms with Crippen LogP contribution in [0.25, 0.3) is 33.5 Å². The first kappa shape index (κ1) is 20.4. The van der Waals surface area contributed by atoms with Crippen molar-refractivity contribution < 1.29 is 4.74 Å². The van der Waals surface area contributed by atoms with Crippen LogP contribution in [0.5, 0.6) is 5.88 Å². The fraction of sp³-hybridized carbons (Fsp3) is 0.440. The van der Waals surface area contributed by atoms with Crippen LogP contribution in [0.1, 0.15) is 37.9 Å². The highest BCUT2D eigenvalue weighted by molar-refractivity contribution is 5.95. The number of likely N-dealkylation sites (tertiary alicyclic amines) is 1. The first-order valence-electron chi connectivity index (χ1n) is 12.0. The van der Waals surface area contributed by atoms with Crippen molar-refractivity contribution in [3.63, 3.8) is 0 Å². The van der Waals surface area contributed by atoms with Gasteiger partial charge in [-0.15, -0.1) is 0 Å². The summed E-state index contributed by atoms with van der Waals surface area (Å²) in [5.74, 6) is 3.11. The lowest BCUT2D eigenvalue weighted by Crippen LogP contribution is -2.33. The Hall–Kier alpha value is -3.26. The fourth-order valence-corrected chi connectivity index (χ4v) is 4.58. The van der Waals surface area contributed by atoms with Crippen molar-refractivity contribution in [3.8, 4) is 28.5 Å². The van der Waals surface area contributed by atoms with E-state index in [2.05, 4.69) is 36.3 Å². The van der Waals surface area contributed by atoms with Gasteiger partial charge in [0.15, 0.2) is 5.82 Å². The van der Waals surface area contributed by atoms with Gasteiger partial charge in [-0.2, -0.15) is 10.2 Å². The minimum absolute atomic E-state index is 0.635. The molecule has 1 aliphatic carbocycles. The number of nitrogens with zero attached hydrogens (tertiary/aromatic N) is 5. The Balaban J connectivity index is 1.20. The van der Waals surface area contributed by atoms with Crippen LogP contribution in [0.4, 0.5) is 0 Å². The Kier molecular flexibility index (Phi) is 5.51. The number of piperidine rings is 1. The number of nitrogens with one attached hydrogen (secondary N) is 2. The maximum absolute atomic E-state index is 5.98. The summed E-state index contributed by atoms with van der Waals surface area (Å²) in [5.41, 5.74) is 3.82. The predicted molar refractivity (Wildman–Crippen MR) is 127 cm³/mol. The van der Waals surface area contributed by atoms with Gasteiger partial charge in [0, 0.05) is 41.7 Å². The molecule has 2 N–H and O–H groups in total. The molecule has 0 atom stereocenters. The average molecular weight is 444 g/mol. The maximum atomic E-state index is 5.98. The number of benzene rings is 1.